The van der Waals surface area contributed by atoms with Crippen molar-refractivity contribution in [1.29, 1.82) is 0 Å². The zero-order valence-corrected chi connectivity index (χ0v) is 38.9. The average Bonchev–Trinajstić information content (AvgIpc) is 3.64. The third kappa shape index (κ3) is 9.54. The minimum atomic E-state index is -0.599. The molecular formula is C52H64N8O6. The average molecular weight is 897 g/mol. The van der Waals surface area contributed by atoms with Crippen LogP contribution in [0.1, 0.15) is 99.7 Å². The lowest BCUT2D eigenvalue weighted by atomic mass is 9.95. The van der Waals surface area contributed by atoms with E-state index in [-0.39, 0.29) is 42.2 Å². The summed E-state index contributed by atoms with van der Waals surface area (Å²) in [4.78, 5) is 78.8. The van der Waals surface area contributed by atoms with Gasteiger partial charge < -0.3 is 29.7 Å². The summed E-state index contributed by atoms with van der Waals surface area (Å²) in [5, 5.41) is 5.46. The van der Waals surface area contributed by atoms with Gasteiger partial charge >= 0.3 is 0 Å². The molecular weight excluding hydrogens is 833 g/mol. The van der Waals surface area contributed by atoms with Gasteiger partial charge in [0.1, 0.15) is 6.04 Å². The number of fused-ring (bicyclic) bond motifs is 1. The summed E-state index contributed by atoms with van der Waals surface area (Å²) in [6.07, 6.45) is 4.73. The number of nitrogens with one attached hydrogen (secondary N) is 3. The highest BCUT2D eigenvalue weighted by molar-refractivity contribution is 6.05. The monoisotopic (exact) mass is 896 g/mol. The molecule has 1 aromatic heterocycles. The van der Waals surface area contributed by atoms with Crippen molar-refractivity contribution in [3.05, 3.63) is 116 Å². The van der Waals surface area contributed by atoms with Crippen LogP contribution in [0.15, 0.2) is 65.5 Å². The highest BCUT2D eigenvalue weighted by Crippen LogP contribution is 2.35. The van der Waals surface area contributed by atoms with Crippen molar-refractivity contribution in [3.63, 3.8) is 0 Å². The van der Waals surface area contributed by atoms with Gasteiger partial charge in [0, 0.05) is 118 Å². The first kappa shape index (κ1) is 45.3. The molecule has 4 saturated heterocycles. The van der Waals surface area contributed by atoms with Crippen LogP contribution in [0.4, 0.5) is 11.4 Å². The van der Waals surface area contributed by atoms with E-state index < -0.39 is 6.04 Å². The second-order valence-corrected chi connectivity index (χ2v) is 18.9. The van der Waals surface area contributed by atoms with E-state index in [4.69, 9.17) is 4.74 Å². The number of hydrogen-bond acceptors (Lipinski definition) is 10. The van der Waals surface area contributed by atoms with Gasteiger partial charge in [0.05, 0.1) is 0 Å². The second kappa shape index (κ2) is 19.6. The van der Waals surface area contributed by atoms with E-state index in [2.05, 4.69) is 78.5 Å². The van der Waals surface area contributed by atoms with Crippen molar-refractivity contribution in [2.75, 3.05) is 68.8 Å². The molecule has 0 aliphatic carbocycles. The number of aryl methyl sites for hydroxylation is 2. The maximum absolute atomic E-state index is 14.0. The summed E-state index contributed by atoms with van der Waals surface area (Å²) in [5.74, 6) is -0.985. The minimum absolute atomic E-state index is 0.132. The third-order valence-electron chi connectivity index (χ3n) is 14.8. The highest BCUT2D eigenvalue weighted by atomic mass is 16.5. The number of hydrogen-bond donors (Lipinski definition) is 3. The summed E-state index contributed by atoms with van der Waals surface area (Å²) in [6, 6.07) is 21.3. The van der Waals surface area contributed by atoms with Crippen molar-refractivity contribution >= 4 is 35.0 Å². The van der Waals surface area contributed by atoms with Gasteiger partial charge in [-0.3, -0.25) is 39.1 Å². The Balaban J connectivity index is 0.813. The number of aromatic nitrogens is 1. The smallest absolute Gasteiger partial charge is 0.255 e. The Morgan fingerprint density at radius 1 is 0.833 bits per heavy atom. The number of nitrogens with zero attached hydrogens (tertiary/aromatic N) is 5. The fourth-order valence-corrected chi connectivity index (χ4v) is 11.0. The van der Waals surface area contributed by atoms with Gasteiger partial charge in [0.15, 0.2) is 0 Å². The first-order chi connectivity index (χ1) is 31.9. The number of ether oxygens (including phenoxy) is 1. The van der Waals surface area contributed by atoms with Crippen LogP contribution in [0.2, 0.25) is 0 Å². The topological polar surface area (TPSA) is 151 Å². The molecule has 348 valence electrons. The van der Waals surface area contributed by atoms with Crippen LogP contribution in [0.5, 0.6) is 0 Å². The molecule has 14 nitrogen and oxygen atoms in total. The molecule has 4 fully saturated rings. The summed E-state index contributed by atoms with van der Waals surface area (Å²) < 4.78 is 5.72. The summed E-state index contributed by atoms with van der Waals surface area (Å²) in [7, 11) is 0. The number of carbonyl (C=O) groups is 4. The maximum Gasteiger partial charge on any atom is 0.255 e. The van der Waals surface area contributed by atoms with E-state index in [1.807, 2.05) is 45.0 Å². The molecule has 0 spiro atoms. The van der Waals surface area contributed by atoms with Crippen LogP contribution in [0.25, 0.3) is 11.1 Å². The standard InChI is InChI=1S/C52H64N8O6/c1-5-59(42-16-24-66-25-17-42)47-29-38(28-44(35(47)4)49(62)53-30-45-33(2)26-34(3)54-50(45)63)37-7-9-40(10-8-37)57-20-22-58(23-21-57)41-14-18-56(19-15-41)31-36-6-11-43-39(27-36)32-60(52(43)65)46-12-13-48(61)55-51(46)64/h6-11,26-29,41-42,46H,5,12-25,30-32H2,1-4H3,(H,53,62)(H,54,63)(H,55,61,64). The van der Waals surface area contributed by atoms with E-state index in [1.54, 1.807) is 4.90 Å². The molecule has 0 radical (unpaired) electrons. The Hall–Kier alpha value is -5.83. The quantitative estimate of drug-likeness (QED) is 0.157. The van der Waals surface area contributed by atoms with E-state index in [0.717, 1.165) is 130 Å². The summed E-state index contributed by atoms with van der Waals surface area (Å²) in [5.41, 5.74) is 10.7. The Morgan fingerprint density at radius 2 is 1.58 bits per heavy atom. The number of anilines is 2. The SMILES string of the molecule is CCN(c1cc(-c2ccc(N3CCN(C4CCN(Cc5ccc6c(c5)CN(C5CCC(=O)NC5=O)C6=O)CC4)CC3)cc2)cc(C(=O)NCc2c(C)cc(C)[nH]c2=O)c1C)C1CCOCC1. The molecule has 5 aliphatic rings. The lowest BCUT2D eigenvalue weighted by Crippen LogP contribution is -2.53. The molecule has 9 rings (SSSR count). The zero-order valence-electron chi connectivity index (χ0n) is 38.9. The first-order valence-corrected chi connectivity index (χ1v) is 24.0. The summed E-state index contributed by atoms with van der Waals surface area (Å²) >= 11 is 0. The Kier molecular flexibility index (Phi) is 13.4. The van der Waals surface area contributed by atoms with Gasteiger partial charge in [-0.15, -0.1) is 0 Å². The van der Waals surface area contributed by atoms with E-state index in [0.29, 0.717) is 41.7 Å². The molecule has 0 saturated carbocycles. The molecule has 66 heavy (non-hydrogen) atoms. The number of piperidine rings is 2. The number of amides is 4. The molecule has 3 aromatic carbocycles. The van der Waals surface area contributed by atoms with Gasteiger partial charge in [-0.05, 0) is 143 Å². The Labute approximate surface area is 387 Å². The maximum atomic E-state index is 14.0. The van der Waals surface area contributed by atoms with Crippen LogP contribution in [-0.4, -0.2) is 120 Å². The van der Waals surface area contributed by atoms with Gasteiger partial charge in [-0.1, -0.05) is 24.3 Å². The van der Waals surface area contributed by atoms with Crippen LogP contribution < -0.4 is 26.0 Å². The third-order valence-corrected chi connectivity index (χ3v) is 14.8. The molecule has 14 heteroatoms. The van der Waals surface area contributed by atoms with Crippen molar-refractivity contribution < 1.29 is 23.9 Å². The number of likely N-dealkylation sites (tertiary alicyclic amines) is 1. The van der Waals surface area contributed by atoms with E-state index in [9.17, 15) is 24.0 Å². The predicted molar refractivity (Wildman–Crippen MR) is 256 cm³/mol. The van der Waals surface area contributed by atoms with Crippen LogP contribution in [0.3, 0.4) is 0 Å². The molecule has 0 bridgehead atoms. The van der Waals surface area contributed by atoms with Crippen LogP contribution >= 0.6 is 0 Å². The number of benzene rings is 3. The fraction of sp³-hybridized carbons (Fsp3) is 0.481. The van der Waals surface area contributed by atoms with Gasteiger partial charge in [-0.25, -0.2) is 0 Å². The van der Waals surface area contributed by atoms with Crippen molar-refractivity contribution in [2.45, 2.75) is 104 Å². The van der Waals surface area contributed by atoms with E-state index >= 15 is 0 Å². The number of rotatable bonds is 12. The number of imide groups is 1. The summed E-state index contributed by atoms with van der Waals surface area (Å²) in [6.45, 7) is 17.6. The number of pyridine rings is 1. The Bertz CT molecular complexity index is 2530. The first-order valence-electron chi connectivity index (χ1n) is 24.0. The second-order valence-electron chi connectivity index (χ2n) is 18.9. The largest absolute Gasteiger partial charge is 0.381 e. The highest BCUT2D eigenvalue weighted by Gasteiger charge is 2.39. The number of aromatic amines is 1. The molecule has 6 heterocycles. The van der Waals surface area contributed by atoms with Crippen LogP contribution in [-0.2, 0) is 34.0 Å². The molecule has 3 N–H and O–H groups in total. The lowest BCUT2D eigenvalue weighted by molar-refractivity contribution is -0.136. The molecule has 4 aromatic rings. The fourth-order valence-electron chi connectivity index (χ4n) is 11.0. The predicted octanol–water partition coefficient (Wildman–Crippen LogP) is 5.45. The molecule has 4 amide bonds. The Morgan fingerprint density at radius 3 is 2.27 bits per heavy atom. The zero-order chi connectivity index (χ0) is 46.1. The number of carbonyl (C=O) groups excluding carboxylic acids is 4. The molecule has 1 unspecified atom stereocenters. The number of H-pyrrole nitrogens is 1. The lowest BCUT2D eigenvalue weighted by Gasteiger charge is -2.43. The van der Waals surface area contributed by atoms with E-state index in [1.165, 1.54) is 11.3 Å². The minimum Gasteiger partial charge on any atom is -0.381 e. The van der Waals surface area contributed by atoms with Crippen molar-refractivity contribution in [1.82, 2.24) is 30.3 Å². The van der Waals surface area contributed by atoms with Crippen LogP contribution in [0, 0.1) is 20.8 Å². The van der Waals surface area contributed by atoms with Gasteiger partial charge in [-0.2, -0.15) is 0 Å². The molecule has 1 atom stereocenters. The van der Waals surface area contributed by atoms with Gasteiger partial charge in [0.2, 0.25) is 11.8 Å². The number of piperazine rings is 1. The molecule has 5 aliphatic heterocycles. The van der Waals surface area contributed by atoms with Gasteiger partial charge in [0.25, 0.3) is 17.4 Å². The van der Waals surface area contributed by atoms with Crippen molar-refractivity contribution in [2.24, 2.45) is 0 Å². The van der Waals surface area contributed by atoms with Crippen molar-refractivity contribution in [3.8, 4) is 11.1 Å². The normalized spacial score (nSPS) is 20.1.